The van der Waals surface area contributed by atoms with Gasteiger partial charge in [-0.3, -0.25) is 14.5 Å². The summed E-state index contributed by atoms with van der Waals surface area (Å²) in [4.78, 5) is 25.9. The number of carbonyl (C=O) groups is 2. The molecule has 234 valence electrons. The minimum absolute atomic E-state index is 0.00643. The van der Waals surface area contributed by atoms with Crippen molar-refractivity contribution in [3.8, 4) is 0 Å². The Bertz CT molecular complexity index is 1260. The van der Waals surface area contributed by atoms with Gasteiger partial charge in [-0.15, -0.1) is 0 Å². The molecule has 5 unspecified atom stereocenters. The van der Waals surface area contributed by atoms with Crippen molar-refractivity contribution in [1.29, 1.82) is 0 Å². The molecule has 1 aliphatic carbocycles. The SMILES string of the molecule is CC1(C)CC2CC(C)(CN2CC2CC(c3ccc(CO)cc3)OC(c3cccc(NC(=O)CCCCCC(=O)O)c3)O2)C1. The number of aliphatic carboxylic acids is 1. The van der Waals surface area contributed by atoms with Gasteiger partial charge in [-0.2, -0.15) is 0 Å². The van der Waals surface area contributed by atoms with Crippen LogP contribution in [0.25, 0.3) is 0 Å². The molecule has 0 radical (unpaired) electrons. The number of ether oxygens (including phenoxy) is 2. The van der Waals surface area contributed by atoms with Gasteiger partial charge in [-0.25, -0.2) is 0 Å². The van der Waals surface area contributed by atoms with Crippen LogP contribution in [0.15, 0.2) is 48.5 Å². The summed E-state index contributed by atoms with van der Waals surface area (Å²) in [5.41, 5.74) is 4.18. The highest BCUT2D eigenvalue weighted by Gasteiger charge is 2.50. The van der Waals surface area contributed by atoms with E-state index in [1.54, 1.807) is 0 Å². The Hall–Kier alpha value is -2.78. The molecule has 2 aromatic rings. The summed E-state index contributed by atoms with van der Waals surface area (Å²) >= 11 is 0. The third-order valence-corrected chi connectivity index (χ3v) is 9.31. The number of carboxylic acid groups (broad SMARTS) is 1. The Morgan fingerprint density at radius 2 is 1.74 bits per heavy atom. The van der Waals surface area contributed by atoms with Crippen molar-refractivity contribution in [2.75, 3.05) is 18.4 Å². The van der Waals surface area contributed by atoms with Crippen molar-refractivity contribution < 1.29 is 29.3 Å². The number of nitrogens with one attached hydrogen (secondary N) is 1. The van der Waals surface area contributed by atoms with Crippen LogP contribution >= 0.6 is 0 Å². The smallest absolute Gasteiger partial charge is 0.303 e. The number of nitrogens with zero attached hydrogens (tertiary/aromatic N) is 1. The van der Waals surface area contributed by atoms with E-state index in [2.05, 4.69) is 31.0 Å². The number of amides is 1. The number of hydrogen-bond donors (Lipinski definition) is 3. The molecule has 5 rings (SSSR count). The second-order valence-electron chi connectivity index (χ2n) is 14.1. The summed E-state index contributed by atoms with van der Waals surface area (Å²) in [5, 5.41) is 21.3. The Morgan fingerprint density at radius 3 is 2.49 bits per heavy atom. The van der Waals surface area contributed by atoms with Gasteiger partial charge >= 0.3 is 5.97 Å². The summed E-state index contributed by atoms with van der Waals surface area (Å²) in [6.45, 7) is 9.21. The van der Waals surface area contributed by atoms with Crippen LogP contribution in [0.5, 0.6) is 0 Å². The van der Waals surface area contributed by atoms with Gasteiger partial charge in [0.25, 0.3) is 0 Å². The maximum absolute atomic E-state index is 12.6. The number of aliphatic hydroxyl groups excluding tert-OH is 1. The van der Waals surface area contributed by atoms with Crippen molar-refractivity contribution in [3.63, 3.8) is 0 Å². The number of anilines is 1. The monoisotopic (exact) mass is 592 g/mol. The number of hydrogen-bond acceptors (Lipinski definition) is 6. The third kappa shape index (κ3) is 8.44. The van der Waals surface area contributed by atoms with Crippen LogP contribution in [0.4, 0.5) is 5.69 Å². The van der Waals surface area contributed by atoms with Crippen LogP contribution in [0.1, 0.15) is 108 Å². The lowest BCUT2D eigenvalue weighted by atomic mass is 9.65. The van der Waals surface area contributed by atoms with E-state index in [1.807, 2.05) is 48.5 Å². The zero-order valence-electron chi connectivity index (χ0n) is 25.9. The van der Waals surface area contributed by atoms with E-state index in [0.717, 1.165) is 36.2 Å². The first kappa shape index (κ1) is 31.6. The van der Waals surface area contributed by atoms with Crippen LogP contribution in [0.2, 0.25) is 0 Å². The fraction of sp³-hybridized carbons (Fsp3) is 0.600. The van der Waals surface area contributed by atoms with Gasteiger partial charge < -0.3 is 25.0 Å². The van der Waals surface area contributed by atoms with Gasteiger partial charge in [-0.1, -0.05) is 63.6 Å². The second-order valence-corrected chi connectivity index (χ2v) is 14.1. The van der Waals surface area contributed by atoms with Gasteiger partial charge in [0.2, 0.25) is 5.91 Å². The van der Waals surface area contributed by atoms with E-state index < -0.39 is 12.3 Å². The molecule has 0 spiro atoms. The van der Waals surface area contributed by atoms with Crippen molar-refractivity contribution in [3.05, 3.63) is 65.2 Å². The predicted molar refractivity (Wildman–Crippen MR) is 165 cm³/mol. The molecule has 2 saturated heterocycles. The molecule has 8 heteroatoms. The summed E-state index contributed by atoms with van der Waals surface area (Å²) in [6.07, 6.45) is 6.12. The molecular formula is C35H48N2O6. The topological polar surface area (TPSA) is 108 Å². The minimum Gasteiger partial charge on any atom is -0.481 e. The summed E-state index contributed by atoms with van der Waals surface area (Å²) in [5.74, 6) is -0.893. The Labute approximate surface area is 255 Å². The molecule has 3 aliphatic rings. The number of unbranched alkanes of at least 4 members (excludes halogenated alkanes) is 2. The lowest BCUT2D eigenvalue weighted by molar-refractivity contribution is -0.253. The van der Waals surface area contributed by atoms with Gasteiger partial charge in [0, 0.05) is 49.6 Å². The standard InChI is InChI=1S/C35H48N2O6/c1-34(2)18-28-19-35(3,22-34)23-37(28)20-29-17-30(25-14-12-24(21-38)13-15-25)43-33(42-29)26-8-7-9-27(16-26)36-31(39)10-5-4-6-11-32(40)41/h7-9,12-16,28-30,33,38H,4-6,10-11,17-23H2,1-3H3,(H,36,39)(H,40,41). The van der Waals surface area contributed by atoms with Gasteiger partial charge in [0.05, 0.1) is 18.8 Å². The van der Waals surface area contributed by atoms with Crippen molar-refractivity contribution >= 4 is 17.6 Å². The maximum Gasteiger partial charge on any atom is 0.303 e. The van der Waals surface area contributed by atoms with E-state index in [4.69, 9.17) is 14.6 Å². The number of carboxylic acids is 1. The summed E-state index contributed by atoms with van der Waals surface area (Å²) in [7, 11) is 0. The quantitative estimate of drug-likeness (QED) is 0.238. The Kier molecular flexibility index (Phi) is 9.91. The third-order valence-electron chi connectivity index (χ3n) is 9.31. The molecule has 2 bridgehead atoms. The number of benzene rings is 2. The predicted octanol–water partition coefficient (Wildman–Crippen LogP) is 6.60. The zero-order chi connectivity index (χ0) is 30.6. The van der Waals surface area contributed by atoms with Crippen LogP contribution in [0, 0.1) is 10.8 Å². The fourth-order valence-corrected chi connectivity index (χ4v) is 7.81. The van der Waals surface area contributed by atoms with E-state index in [9.17, 15) is 14.7 Å². The van der Waals surface area contributed by atoms with Gasteiger partial charge in [0.15, 0.2) is 6.29 Å². The number of fused-ring (bicyclic) bond motifs is 2. The number of rotatable bonds is 12. The lowest BCUT2D eigenvalue weighted by Crippen LogP contribution is -2.42. The first-order chi connectivity index (χ1) is 20.5. The van der Waals surface area contributed by atoms with E-state index >= 15 is 0 Å². The van der Waals surface area contributed by atoms with Crippen molar-refractivity contribution in [2.24, 2.45) is 10.8 Å². The zero-order valence-corrected chi connectivity index (χ0v) is 25.9. The normalized spacial score (nSPS) is 28.5. The first-order valence-electron chi connectivity index (χ1n) is 15.9. The number of aliphatic hydroxyl groups is 1. The Balaban J connectivity index is 1.28. The highest BCUT2D eigenvalue weighted by molar-refractivity contribution is 5.90. The highest BCUT2D eigenvalue weighted by atomic mass is 16.7. The first-order valence-corrected chi connectivity index (χ1v) is 15.9. The van der Waals surface area contributed by atoms with Crippen molar-refractivity contribution in [2.45, 2.75) is 110 Å². The molecule has 2 aromatic carbocycles. The van der Waals surface area contributed by atoms with Gasteiger partial charge in [0.1, 0.15) is 0 Å². The number of likely N-dealkylation sites (tertiary alicyclic amines) is 1. The largest absolute Gasteiger partial charge is 0.481 e. The number of carbonyl (C=O) groups excluding carboxylic acids is 1. The van der Waals surface area contributed by atoms with E-state index in [-0.39, 0.29) is 31.1 Å². The average Bonchev–Trinajstić information content (AvgIpc) is 3.19. The molecule has 5 atom stereocenters. The van der Waals surface area contributed by atoms with E-state index in [1.165, 1.54) is 19.3 Å². The highest BCUT2D eigenvalue weighted by Crippen LogP contribution is 2.53. The van der Waals surface area contributed by atoms with Gasteiger partial charge in [-0.05, 0) is 66.2 Å². The molecule has 2 heterocycles. The fourth-order valence-electron chi connectivity index (χ4n) is 7.81. The molecule has 1 amide bonds. The molecule has 1 saturated carbocycles. The Morgan fingerprint density at radius 1 is 0.977 bits per heavy atom. The maximum atomic E-state index is 12.6. The summed E-state index contributed by atoms with van der Waals surface area (Å²) in [6, 6.07) is 16.2. The molecule has 8 nitrogen and oxygen atoms in total. The molecular weight excluding hydrogens is 544 g/mol. The van der Waals surface area contributed by atoms with Crippen LogP contribution in [-0.2, 0) is 25.7 Å². The van der Waals surface area contributed by atoms with Crippen LogP contribution < -0.4 is 5.32 Å². The molecule has 43 heavy (non-hydrogen) atoms. The molecule has 0 aromatic heterocycles. The second kappa shape index (κ2) is 13.5. The average molecular weight is 593 g/mol. The molecule has 3 fully saturated rings. The van der Waals surface area contributed by atoms with E-state index in [0.29, 0.717) is 48.2 Å². The van der Waals surface area contributed by atoms with Crippen LogP contribution in [-0.4, -0.2) is 52.2 Å². The minimum atomic E-state index is -0.804. The van der Waals surface area contributed by atoms with Crippen LogP contribution in [0.3, 0.4) is 0 Å². The van der Waals surface area contributed by atoms with Crippen molar-refractivity contribution in [1.82, 2.24) is 4.90 Å². The molecule has 3 N–H and O–H groups in total. The lowest BCUT2D eigenvalue weighted by Gasteiger charge is -2.41. The molecule has 2 aliphatic heterocycles. The summed E-state index contributed by atoms with van der Waals surface area (Å²) < 4.78 is 13.2.